The van der Waals surface area contributed by atoms with Gasteiger partial charge in [-0.1, -0.05) is 6.92 Å². The molecule has 0 N–H and O–H groups in total. The first-order valence-corrected chi connectivity index (χ1v) is 10.3. The summed E-state index contributed by atoms with van der Waals surface area (Å²) in [6.07, 6.45) is 5.66. The topological polar surface area (TPSA) is 64.4 Å². The molecule has 4 rings (SSSR count). The minimum atomic E-state index is -0.256. The van der Waals surface area contributed by atoms with Crippen LogP contribution in [0.4, 0.5) is 0 Å². The Balaban J connectivity index is 1.53. The van der Waals surface area contributed by atoms with Gasteiger partial charge in [0, 0.05) is 30.6 Å². The van der Waals surface area contributed by atoms with Gasteiger partial charge in [0.1, 0.15) is 10.9 Å². The lowest BCUT2D eigenvalue weighted by Crippen LogP contribution is -2.45. The average Bonchev–Trinajstić information content (AvgIpc) is 3.29. The van der Waals surface area contributed by atoms with Gasteiger partial charge in [0.2, 0.25) is 0 Å². The van der Waals surface area contributed by atoms with Crippen molar-refractivity contribution in [2.75, 3.05) is 19.7 Å². The number of aryl methyl sites for hydroxylation is 2. The lowest BCUT2D eigenvalue weighted by atomic mass is 10.0. The summed E-state index contributed by atoms with van der Waals surface area (Å²) < 4.78 is 7.31. The highest BCUT2D eigenvalue weighted by Crippen LogP contribution is 2.29. The van der Waals surface area contributed by atoms with E-state index in [0.29, 0.717) is 19.7 Å². The number of hydrogen-bond acceptors (Lipinski definition) is 5. The van der Waals surface area contributed by atoms with Crippen molar-refractivity contribution in [2.24, 2.45) is 0 Å². The molecule has 1 amide bonds. The lowest BCUT2D eigenvalue weighted by molar-refractivity contribution is -0.142. The molecule has 0 saturated carbocycles. The normalized spacial score (nSPS) is 21.6. The van der Waals surface area contributed by atoms with Crippen molar-refractivity contribution in [3.8, 4) is 0 Å². The standard InChI is InChI=1S/C19H25N3O3S/c1-3-14-12(2)26-17-16(14)19(24)22(11-20-17)13-6-8-21(9-7-13)18(23)15-5-4-10-25-15/h11,13,15H,3-10H2,1-2H3/t15-/m1/s1. The number of hydrogen-bond donors (Lipinski definition) is 0. The van der Waals surface area contributed by atoms with Crippen LogP contribution >= 0.6 is 11.3 Å². The van der Waals surface area contributed by atoms with Crippen molar-refractivity contribution in [3.63, 3.8) is 0 Å². The van der Waals surface area contributed by atoms with Crippen LogP contribution < -0.4 is 5.56 Å². The highest BCUT2D eigenvalue weighted by molar-refractivity contribution is 7.18. The van der Waals surface area contributed by atoms with E-state index in [-0.39, 0.29) is 23.6 Å². The van der Waals surface area contributed by atoms with E-state index in [4.69, 9.17) is 4.74 Å². The molecule has 2 aromatic rings. The molecule has 6 nitrogen and oxygen atoms in total. The third-order valence-corrected chi connectivity index (χ3v) is 6.72. The number of rotatable bonds is 3. The molecule has 0 aliphatic carbocycles. The summed E-state index contributed by atoms with van der Waals surface area (Å²) in [6.45, 7) is 6.19. The van der Waals surface area contributed by atoms with E-state index in [1.165, 1.54) is 4.88 Å². The number of fused-ring (bicyclic) bond motifs is 1. The Bertz CT molecular complexity index is 874. The molecule has 0 unspecified atom stereocenters. The molecule has 2 aliphatic rings. The predicted molar refractivity (Wildman–Crippen MR) is 102 cm³/mol. The Morgan fingerprint density at radius 2 is 2.12 bits per heavy atom. The third-order valence-electron chi connectivity index (χ3n) is 5.67. The van der Waals surface area contributed by atoms with Crippen LogP contribution in [-0.4, -0.2) is 46.2 Å². The van der Waals surface area contributed by atoms with Crippen LogP contribution in [0.15, 0.2) is 11.1 Å². The maximum Gasteiger partial charge on any atom is 0.262 e. The molecule has 0 spiro atoms. The second-order valence-corrected chi connectivity index (χ2v) is 8.39. The Labute approximate surface area is 156 Å². The van der Waals surface area contributed by atoms with Crippen molar-refractivity contribution in [1.82, 2.24) is 14.5 Å². The second-order valence-electron chi connectivity index (χ2n) is 7.19. The summed E-state index contributed by atoms with van der Waals surface area (Å²) in [5.41, 5.74) is 1.20. The van der Waals surface area contributed by atoms with Crippen molar-refractivity contribution < 1.29 is 9.53 Å². The monoisotopic (exact) mass is 375 g/mol. The number of aromatic nitrogens is 2. The van der Waals surface area contributed by atoms with Crippen LogP contribution in [0, 0.1) is 6.92 Å². The molecule has 2 saturated heterocycles. The van der Waals surface area contributed by atoms with Gasteiger partial charge in [-0.05, 0) is 44.6 Å². The predicted octanol–water partition coefficient (Wildman–Crippen LogP) is 2.67. The van der Waals surface area contributed by atoms with Crippen LogP contribution in [0.1, 0.15) is 49.1 Å². The van der Waals surface area contributed by atoms with Gasteiger partial charge < -0.3 is 9.64 Å². The van der Waals surface area contributed by atoms with Gasteiger partial charge in [-0.3, -0.25) is 14.2 Å². The Hall–Kier alpha value is -1.73. The number of amides is 1. The molecule has 4 heterocycles. The summed E-state index contributed by atoms with van der Waals surface area (Å²) in [5.74, 6) is 0.114. The minimum Gasteiger partial charge on any atom is -0.368 e. The molecule has 1 atom stereocenters. The zero-order valence-electron chi connectivity index (χ0n) is 15.4. The Kier molecular flexibility index (Phi) is 4.84. The molecule has 26 heavy (non-hydrogen) atoms. The number of carbonyl (C=O) groups is 1. The summed E-state index contributed by atoms with van der Waals surface area (Å²) >= 11 is 1.60. The molecule has 2 fully saturated rings. The fourth-order valence-corrected chi connectivity index (χ4v) is 5.27. The smallest absolute Gasteiger partial charge is 0.262 e. The van der Waals surface area contributed by atoms with Crippen molar-refractivity contribution in [1.29, 1.82) is 0 Å². The van der Waals surface area contributed by atoms with Crippen molar-refractivity contribution in [2.45, 2.75) is 58.1 Å². The molecular weight excluding hydrogens is 350 g/mol. The second kappa shape index (κ2) is 7.12. The number of carbonyl (C=O) groups excluding carboxylic acids is 1. The molecule has 7 heteroatoms. The first kappa shape index (κ1) is 17.7. The summed E-state index contributed by atoms with van der Waals surface area (Å²) in [7, 11) is 0. The molecular formula is C19H25N3O3S. The van der Waals surface area contributed by atoms with Gasteiger partial charge in [0.05, 0.1) is 11.7 Å². The largest absolute Gasteiger partial charge is 0.368 e. The van der Waals surface area contributed by atoms with Crippen LogP contribution in [-0.2, 0) is 16.0 Å². The quantitative estimate of drug-likeness (QED) is 0.827. The molecule has 0 radical (unpaired) electrons. The van der Waals surface area contributed by atoms with E-state index in [0.717, 1.165) is 47.9 Å². The SMILES string of the molecule is CCc1c(C)sc2ncn(C3CCN(C(=O)[C@H]4CCCO4)CC3)c(=O)c12. The van der Waals surface area contributed by atoms with E-state index < -0.39 is 0 Å². The molecule has 2 aromatic heterocycles. The highest BCUT2D eigenvalue weighted by atomic mass is 32.1. The lowest BCUT2D eigenvalue weighted by Gasteiger charge is -2.34. The minimum absolute atomic E-state index is 0.0695. The summed E-state index contributed by atoms with van der Waals surface area (Å²) in [5, 5.41) is 0.787. The number of likely N-dealkylation sites (tertiary alicyclic amines) is 1. The maximum atomic E-state index is 13.1. The van der Waals surface area contributed by atoms with Gasteiger partial charge in [-0.15, -0.1) is 11.3 Å². The van der Waals surface area contributed by atoms with Crippen molar-refractivity contribution in [3.05, 3.63) is 27.1 Å². The zero-order chi connectivity index (χ0) is 18.3. The van der Waals surface area contributed by atoms with Crippen LogP contribution in [0.25, 0.3) is 10.2 Å². The maximum absolute atomic E-state index is 13.1. The summed E-state index contributed by atoms with van der Waals surface area (Å²) in [4.78, 5) is 34.0. The summed E-state index contributed by atoms with van der Waals surface area (Å²) in [6, 6.07) is 0.109. The average molecular weight is 375 g/mol. The molecule has 0 bridgehead atoms. The van der Waals surface area contributed by atoms with Gasteiger partial charge >= 0.3 is 0 Å². The molecule has 2 aliphatic heterocycles. The fourth-order valence-electron chi connectivity index (χ4n) is 4.20. The van der Waals surface area contributed by atoms with E-state index in [2.05, 4.69) is 18.8 Å². The van der Waals surface area contributed by atoms with Crippen molar-refractivity contribution >= 4 is 27.5 Å². The van der Waals surface area contributed by atoms with Gasteiger partial charge in [-0.2, -0.15) is 0 Å². The Morgan fingerprint density at radius 3 is 2.77 bits per heavy atom. The van der Waals surface area contributed by atoms with E-state index in [1.54, 1.807) is 22.2 Å². The van der Waals surface area contributed by atoms with Gasteiger partial charge in [-0.25, -0.2) is 4.98 Å². The van der Waals surface area contributed by atoms with Gasteiger partial charge in [0.15, 0.2) is 0 Å². The van der Waals surface area contributed by atoms with Crippen LogP contribution in [0.2, 0.25) is 0 Å². The number of thiophene rings is 1. The van der Waals surface area contributed by atoms with E-state index in [1.807, 2.05) is 4.90 Å². The fraction of sp³-hybridized carbons (Fsp3) is 0.632. The molecule has 140 valence electrons. The number of nitrogens with zero attached hydrogens (tertiary/aromatic N) is 3. The van der Waals surface area contributed by atoms with E-state index in [9.17, 15) is 9.59 Å². The number of piperidine rings is 1. The van der Waals surface area contributed by atoms with E-state index >= 15 is 0 Å². The first-order valence-electron chi connectivity index (χ1n) is 9.49. The van der Waals surface area contributed by atoms with Gasteiger partial charge in [0.25, 0.3) is 11.5 Å². The zero-order valence-corrected chi connectivity index (χ0v) is 16.2. The first-order chi connectivity index (χ1) is 12.6. The number of ether oxygens (including phenoxy) is 1. The third kappa shape index (κ3) is 2.97. The molecule has 0 aromatic carbocycles. The van der Waals surface area contributed by atoms with Crippen LogP contribution in [0.5, 0.6) is 0 Å². The highest BCUT2D eigenvalue weighted by Gasteiger charge is 2.31. The van der Waals surface area contributed by atoms with Crippen LogP contribution in [0.3, 0.4) is 0 Å². The Morgan fingerprint density at radius 1 is 1.35 bits per heavy atom.